The van der Waals surface area contributed by atoms with Gasteiger partial charge in [-0.3, -0.25) is 4.98 Å². The zero-order valence-corrected chi connectivity index (χ0v) is 17.4. The molecule has 1 aromatic heterocycles. The van der Waals surface area contributed by atoms with E-state index in [1.807, 2.05) is 0 Å². The Labute approximate surface area is 162 Å². The number of hydrogen-bond donors (Lipinski definition) is 0. The predicted molar refractivity (Wildman–Crippen MR) is 113 cm³/mol. The molecule has 0 amide bonds. The summed E-state index contributed by atoms with van der Waals surface area (Å²) in [6, 6.07) is 4.68. The lowest BCUT2D eigenvalue weighted by atomic mass is 9.68. The lowest BCUT2D eigenvalue weighted by molar-refractivity contribution is 0.156. The highest BCUT2D eigenvalue weighted by molar-refractivity contribution is 5.17. The maximum atomic E-state index is 4.85. The fourth-order valence-corrected chi connectivity index (χ4v) is 5.65. The van der Waals surface area contributed by atoms with Gasteiger partial charge in [-0.15, -0.1) is 0 Å². The first-order chi connectivity index (χ1) is 12.8. The molecule has 1 aromatic rings. The average Bonchev–Trinajstić information content (AvgIpc) is 2.70. The van der Waals surface area contributed by atoms with Crippen LogP contribution in [0.15, 0.2) is 18.3 Å². The van der Waals surface area contributed by atoms with Crippen molar-refractivity contribution >= 4 is 0 Å². The summed E-state index contributed by atoms with van der Waals surface area (Å²) < 4.78 is 0. The lowest BCUT2D eigenvalue weighted by Crippen LogP contribution is -2.25. The summed E-state index contributed by atoms with van der Waals surface area (Å²) in [5.74, 6) is 3.83. The number of aromatic nitrogens is 1. The van der Waals surface area contributed by atoms with Crippen LogP contribution >= 0.6 is 0 Å². The number of rotatable bonds is 8. The van der Waals surface area contributed by atoms with Crippen LogP contribution in [-0.2, 0) is 6.42 Å². The second-order valence-electron chi connectivity index (χ2n) is 9.23. The van der Waals surface area contributed by atoms with E-state index in [0.717, 1.165) is 23.7 Å². The molecule has 2 aliphatic rings. The molecule has 146 valence electrons. The van der Waals surface area contributed by atoms with E-state index in [2.05, 4.69) is 32.2 Å². The topological polar surface area (TPSA) is 12.9 Å². The van der Waals surface area contributed by atoms with Gasteiger partial charge in [0.1, 0.15) is 0 Å². The second kappa shape index (κ2) is 10.5. The van der Waals surface area contributed by atoms with E-state index in [0.29, 0.717) is 0 Å². The smallest absolute Gasteiger partial charge is 0.0434 e. The van der Waals surface area contributed by atoms with Crippen LogP contribution in [0.5, 0.6) is 0 Å². The van der Waals surface area contributed by atoms with Crippen LogP contribution in [0, 0.1) is 17.8 Å². The summed E-state index contributed by atoms with van der Waals surface area (Å²) in [7, 11) is 0. The van der Waals surface area contributed by atoms with Crippen molar-refractivity contribution in [1.29, 1.82) is 0 Å². The highest BCUT2D eigenvalue weighted by Gasteiger charge is 2.31. The van der Waals surface area contributed by atoms with Crippen molar-refractivity contribution in [2.45, 2.75) is 110 Å². The van der Waals surface area contributed by atoms with E-state index >= 15 is 0 Å². The predicted octanol–water partition coefficient (Wildman–Crippen LogP) is 7.69. The van der Waals surface area contributed by atoms with E-state index in [9.17, 15) is 0 Å². The van der Waals surface area contributed by atoms with Crippen LogP contribution in [0.25, 0.3) is 0 Å². The van der Waals surface area contributed by atoms with Crippen molar-refractivity contribution < 1.29 is 0 Å². The molecule has 2 saturated carbocycles. The SMILES string of the molecule is CCCCCc1ccc(C2CCC(C3CCC(CCC)CC3)CC2)nc1. The Balaban J connectivity index is 1.42. The molecule has 2 fully saturated rings. The van der Waals surface area contributed by atoms with E-state index in [4.69, 9.17) is 4.98 Å². The lowest BCUT2D eigenvalue weighted by Gasteiger charge is -2.37. The largest absolute Gasteiger partial charge is 0.261 e. The van der Waals surface area contributed by atoms with E-state index in [1.165, 1.54) is 101 Å². The molecule has 0 spiro atoms. The van der Waals surface area contributed by atoms with E-state index in [-0.39, 0.29) is 0 Å². The fourth-order valence-electron chi connectivity index (χ4n) is 5.65. The number of unbranched alkanes of at least 4 members (excludes halogenated alkanes) is 2. The Morgan fingerprint density at radius 1 is 0.808 bits per heavy atom. The van der Waals surface area contributed by atoms with Gasteiger partial charge >= 0.3 is 0 Å². The Morgan fingerprint density at radius 3 is 2.08 bits per heavy atom. The van der Waals surface area contributed by atoms with Crippen LogP contribution in [0.4, 0.5) is 0 Å². The Hall–Kier alpha value is -0.850. The molecule has 1 heterocycles. The Morgan fingerprint density at radius 2 is 1.50 bits per heavy atom. The summed E-state index contributed by atoms with van der Waals surface area (Å²) in [6.45, 7) is 4.62. The molecular weight excluding hydrogens is 314 g/mol. The molecule has 0 radical (unpaired) electrons. The molecule has 3 rings (SSSR count). The van der Waals surface area contributed by atoms with Gasteiger partial charge in [-0.25, -0.2) is 0 Å². The number of nitrogens with zero attached hydrogens (tertiary/aromatic N) is 1. The minimum absolute atomic E-state index is 0.729. The van der Waals surface area contributed by atoms with Gasteiger partial charge in [0.25, 0.3) is 0 Å². The molecule has 2 aliphatic carbocycles. The molecule has 0 saturated heterocycles. The normalized spacial score (nSPS) is 29.6. The summed E-state index contributed by atoms with van der Waals surface area (Å²) in [4.78, 5) is 4.85. The number of pyridine rings is 1. The van der Waals surface area contributed by atoms with Crippen LogP contribution < -0.4 is 0 Å². The molecule has 0 aromatic carbocycles. The molecule has 0 aliphatic heterocycles. The molecular formula is C25H41N. The van der Waals surface area contributed by atoms with Gasteiger partial charge in [0.05, 0.1) is 0 Å². The van der Waals surface area contributed by atoms with E-state index in [1.54, 1.807) is 0 Å². The quantitative estimate of drug-likeness (QED) is 0.435. The van der Waals surface area contributed by atoms with Crippen molar-refractivity contribution in [3.05, 3.63) is 29.6 Å². The van der Waals surface area contributed by atoms with Crippen LogP contribution in [-0.4, -0.2) is 4.98 Å². The Kier molecular flexibility index (Phi) is 8.02. The van der Waals surface area contributed by atoms with Crippen molar-refractivity contribution in [3.8, 4) is 0 Å². The summed E-state index contributed by atoms with van der Waals surface area (Å²) in [6.07, 6.45) is 21.9. The first-order valence-corrected chi connectivity index (χ1v) is 11.7. The van der Waals surface area contributed by atoms with Gasteiger partial charge in [-0.2, -0.15) is 0 Å². The standard InChI is InChI=1S/C25H41N/c1-3-5-6-8-21-11-18-25(26-19-21)24-16-14-23(15-17-24)22-12-9-20(7-4-2)10-13-22/h11,18-20,22-24H,3-10,12-17H2,1-2H3. The monoisotopic (exact) mass is 355 g/mol. The van der Waals surface area contributed by atoms with Crippen LogP contribution in [0.2, 0.25) is 0 Å². The maximum Gasteiger partial charge on any atom is 0.0434 e. The molecule has 0 atom stereocenters. The molecule has 0 unspecified atom stereocenters. The van der Waals surface area contributed by atoms with Gasteiger partial charge in [-0.1, -0.05) is 58.4 Å². The molecule has 1 heteroatoms. The fraction of sp³-hybridized carbons (Fsp3) is 0.800. The molecule has 0 N–H and O–H groups in total. The van der Waals surface area contributed by atoms with Gasteiger partial charge in [0.15, 0.2) is 0 Å². The molecule has 26 heavy (non-hydrogen) atoms. The average molecular weight is 356 g/mol. The summed E-state index contributed by atoms with van der Waals surface area (Å²) in [5.41, 5.74) is 2.80. The Bertz CT molecular complexity index is 489. The van der Waals surface area contributed by atoms with Crippen molar-refractivity contribution in [1.82, 2.24) is 4.98 Å². The third kappa shape index (κ3) is 5.57. The molecule has 1 nitrogen and oxygen atoms in total. The summed E-state index contributed by atoms with van der Waals surface area (Å²) >= 11 is 0. The minimum atomic E-state index is 0.729. The van der Waals surface area contributed by atoms with Gasteiger partial charge in [0, 0.05) is 17.8 Å². The van der Waals surface area contributed by atoms with Gasteiger partial charge in [-0.05, 0) is 80.8 Å². The zero-order chi connectivity index (χ0) is 18.2. The zero-order valence-electron chi connectivity index (χ0n) is 17.4. The van der Waals surface area contributed by atoms with Gasteiger partial charge < -0.3 is 0 Å². The first kappa shape index (κ1) is 19.9. The van der Waals surface area contributed by atoms with Crippen LogP contribution in [0.3, 0.4) is 0 Å². The van der Waals surface area contributed by atoms with Gasteiger partial charge in [0.2, 0.25) is 0 Å². The first-order valence-electron chi connectivity index (χ1n) is 11.7. The highest BCUT2D eigenvalue weighted by Crippen LogP contribution is 2.44. The van der Waals surface area contributed by atoms with Crippen molar-refractivity contribution in [2.24, 2.45) is 17.8 Å². The summed E-state index contributed by atoms with van der Waals surface area (Å²) in [5, 5.41) is 0. The third-order valence-electron chi connectivity index (χ3n) is 7.36. The highest BCUT2D eigenvalue weighted by atomic mass is 14.7. The minimum Gasteiger partial charge on any atom is -0.261 e. The molecule has 0 bridgehead atoms. The number of hydrogen-bond acceptors (Lipinski definition) is 1. The van der Waals surface area contributed by atoms with E-state index < -0.39 is 0 Å². The van der Waals surface area contributed by atoms with Crippen molar-refractivity contribution in [2.75, 3.05) is 0 Å². The third-order valence-corrected chi connectivity index (χ3v) is 7.36. The second-order valence-corrected chi connectivity index (χ2v) is 9.23. The van der Waals surface area contributed by atoms with Crippen LogP contribution in [0.1, 0.15) is 114 Å². The maximum absolute atomic E-state index is 4.85. The number of aryl methyl sites for hydroxylation is 1. The van der Waals surface area contributed by atoms with Crippen molar-refractivity contribution in [3.63, 3.8) is 0 Å².